The summed E-state index contributed by atoms with van der Waals surface area (Å²) in [6.45, 7) is 0.983. The number of nitrogens with two attached hydrogens (primary N) is 1. The van der Waals surface area contributed by atoms with Crippen molar-refractivity contribution in [2.45, 2.75) is 25.4 Å². The van der Waals surface area contributed by atoms with Crippen LogP contribution in [-0.2, 0) is 28.9 Å². The number of anilines is 1. The van der Waals surface area contributed by atoms with E-state index in [1.165, 1.54) is 17.2 Å². The fourth-order valence-corrected chi connectivity index (χ4v) is 4.23. The number of aromatic nitrogens is 2. The molecule has 1 aromatic carbocycles. The van der Waals surface area contributed by atoms with Crippen molar-refractivity contribution in [3.8, 4) is 0 Å². The molecule has 2 N–H and O–H groups in total. The molecule has 7 nitrogen and oxygen atoms in total. The van der Waals surface area contributed by atoms with Gasteiger partial charge >= 0.3 is 6.18 Å². The van der Waals surface area contributed by atoms with Crippen LogP contribution >= 0.6 is 0 Å². The van der Waals surface area contributed by atoms with Gasteiger partial charge in [-0.05, 0) is 29.3 Å². The minimum Gasteiger partial charge on any atom is -0.383 e. The monoisotopic (exact) mass is 462 g/mol. The average Bonchev–Trinajstić information content (AvgIpc) is 3.29. The number of amides is 1. The number of fused-ring (bicyclic) bond motifs is 3. The molecule has 1 fully saturated rings. The Balaban J connectivity index is 1.52. The van der Waals surface area contributed by atoms with Gasteiger partial charge in [0.1, 0.15) is 17.3 Å². The summed E-state index contributed by atoms with van der Waals surface area (Å²) in [5, 5.41) is 0.681. The molecule has 0 bridgehead atoms. The molecule has 1 saturated heterocycles. The third-order valence-corrected chi connectivity index (χ3v) is 5.90. The van der Waals surface area contributed by atoms with Crippen LogP contribution in [0.1, 0.15) is 38.8 Å². The maximum absolute atomic E-state index is 13.8. The van der Waals surface area contributed by atoms with Crippen molar-refractivity contribution >= 4 is 22.6 Å². The Morgan fingerprint density at radius 3 is 2.73 bits per heavy atom. The largest absolute Gasteiger partial charge is 0.419 e. The summed E-state index contributed by atoms with van der Waals surface area (Å²) in [7, 11) is 0. The summed E-state index contributed by atoms with van der Waals surface area (Å²) in [4.78, 5) is 23.3. The van der Waals surface area contributed by atoms with Crippen LogP contribution in [-0.4, -0.2) is 40.5 Å². The molecule has 0 unspecified atom stereocenters. The molecule has 4 heterocycles. The Morgan fingerprint density at radius 1 is 1.15 bits per heavy atom. The van der Waals surface area contributed by atoms with Gasteiger partial charge in [0, 0.05) is 17.5 Å². The molecule has 3 aromatic rings. The number of rotatable bonds is 2. The molecule has 2 aromatic heterocycles. The number of halogens is 4. The van der Waals surface area contributed by atoms with E-state index < -0.39 is 29.5 Å². The summed E-state index contributed by atoms with van der Waals surface area (Å²) < 4.78 is 64.3. The number of nitrogen functional groups attached to an aromatic ring is 1. The number of carbonyl (C=O) groups is 1. The molecular formula is C22H18F4N4O3. The molecule has 0 spiro atoms. The zero-order valence-corrected chi connectivity index (χ0v) is 17.2. The van der Waals surface area contributed by atoms with E-state index in [9.17, 15) is 22.4 Å². The number of hydrogen-bond donors (Lipinski definition) is 1. The standard InChI is InChI=1S/C22H18F4N4O3/c23-16-2-1-11(5-15(16)22(24,25)26)19-10-32-4-3-30(19)21(31)17-6-12-13-8-33-9-14(13)20(27)29-18(12)7-28-17/h1-2,5-7,19H,3-4,8-10H2,(H2,27,29)/t19-/m0/s1. The van der Waals surface area contributed by atoms with Gasteiger partial charge in [0.2, 0.25) is 0 Å². The van der Waals surface area contributed by atoms with Gasteiger partial charge in [0.25, 0.3) is 5.91 Å². The lowest BCUT2D eigenvalue weighted by Crippen LogP contribution is -2.43. The number of alkyl halides is 3. The number of benzene rings is 1. The van der Waals surface area contributed by atoms with E-state index in [-0.39, 0.29) is 31.0 Å². The molecule has 5 rings (SSSR count). The van der Waals surface area contributed by atoms with Crippen LogP contribution in [0.4, 0.5) is 23.4 Å². The van der Waals surface area contributed by atoms with Crippen molar-refractivity contribution in [3.05, 3.63) is 64.2 Å². The van der Waals surface area contributed by atoms with Gasteiger partial charge in [-0.2, -0.15) is 13.2 Å². The first-order chi connectivity index (χ1) is 15.7. The Kier molecular flexibility index (Phi) is 5.17. The molecule has 0 radical (unpaired) electrons. The van der Waals surface area contributed by atoms with Gasteiger partial charge < -0.3 is 20.1 Å². The molecule has 11 heteroatoms. The Bertz CT molecular complexity index is 1260. The van der Waals surface area contributed by atoms with Crippen molar-refractivity contribution < 1.29 is 31.8 Å². The number of hydrogen-bond acceptors (Lipinski definition) is 6. The quantitative estimate of drug-likeness (QED) is 0.586. The lowest BCUT2D eigenvalue weighted by molar-refractivity contribution is -0.140. The van der Waals surface area contributed by atoms with Crippen LogP contribution in [0.5, 0.6) is 0 Å². The molecule has 1 amide bonds. The maximum Gasteiger partial charge on any atom is 0.419 e. The smallest absolute Gasteiger partial charge is 0.383 e. The van der Waals surface area contributed by atoms with Crippen LogP contribution < -0.4 is 5.73 Å². The van der Waals surface area contributed by atoms with Gasteiger partial charge in [-0.15, -0.1) is 0 Å². The van der Waals surface area contributed by atoms with Crippen molar-refractivity contribution in [1.82, 2.24) is 14.9 Å². The van der Waals surface area contributed by atoms with Crippen LogP contribution in [0.25, 0.3) is 10.9 Å². The Hall–Kier alpha value is -3.31. The van der Waals surface area contributed by atoms with Gasteiger partial charge in [-0.25, -0.2) is 14.4 Å². The summed E-state index contributed by atoms with van der Waals surface area (Å²) in [5.41, 5.74) is 6.93. The fourth-order valence-electron chi connectivity index (χ4n) is 4.23. The highest BCUT2D eigenvalue weighted by atomic mass is 19.4. The van der Waals surface area contributed by atoms with Gasteiger partial charge in [-0.1, -0.05) is 6.07 Å². The SMILES string of the molecule is Nc1nc2cnc(C(=O)N3CCOC[C@H]3c3ccc(F)c(C(F)(F)F)c3)cc2c2c1COC2. The van der Waals surface area contributed by atoms with Crippen molar-refractivity contribution in [2.75, 3.05) is 25.5 Å². The topological polar surface area (TPSA) is 90.6 Å². The van der Waals surface area contributed by atoms with Crippen molar-refractivity contribution in [1.29, 1.82) is 0 Å². The molecule has 2 aliphatic rings. The first-order valence-electron chi connectivity index (χ1n) is 10.1. The van der Waals surface area contributed by atoms with Gasteiger partial charge in [0.15, 0.2) is 0 Å². The predicted molar refractivity (Wildman–Crippen MR) is 108 cm³/mol. The maximum atomic E-state index is 13.8. The van der Waals surface area contributed by atoms with E-state index in [1.807, 2.05) is 0 Å². The molecule has 0 aliphatic carbocycles. The van der Waals surface area contributed by atoms with Gasteiger partial charge in [-0.3, -0.25) is 4.79 Å². The second-order valence-electron chi connectivity index (χ2n) is 7.86. The number of pyridine rings is 2. The van der Waals surface area contributed by atoms with Crippen molar-refractivity contribution in [2.24, 2.45) is 0 Å². The zero-order chi connectivity index (χ0) is 23.3. The molecule has 33 heavy (non-hydrogen) atoms. The number of nitrogens with zero attached hydrogens (tertiary/aromatic N) is 3. The molecule has 172 valence electrons. The highest BCUT2D eigenvalue weighted by Gasteiger charge is 2.37. The van der Waals surface area contributed by atoms with E-state index >= 15 is 0 Å². The Morgan fingerprint density at radius 2 is 1.94 bits per heavy atom. The summed E-state index contributed by atoms with van der Waals surface area (Å²) in [5.74, 6) is -1.51. The van der Waals surface area contributed by atoms with Gasteiger partial charge in [0.05, 0.1) is 49.7 Å². The molecular weight excluding hydrogens is 444 g/mol. The zero-order valence-electron chi connectivity index (χ0n) is 17.2. The highest BCUT2D eigenvalue weighted by Crippen LogP contribution is 2.36. The first-order valence-corrected chi connectivity index (χ1v) is 10.1. The van der Waals surface area contributed by atoms with Crippen LogP contribution in [0.3, 0.4) is 0 Å². The fraction of sp³-hybridized carbons (Fsp3) is 0.318. The Labute approximate surface area is 185 Å². The van der Waals surface area contributed by atoms with E-state index in [4.69, 9.17) is 15.2 Å². The summed E-state index contributed by atoms with van der Waals surface area (Å²) in [6.07, 6.45) is -3.42. The average molecular weight is 462 g/mol. The lowest BCUT2D eigenvalue weighted by Gasteiger charge is -2.36. The van der Waals surface area contributed by atoms with Crippen LogP contribution in [0.15, 0.2) is 30.5 Å². The molecule has 2 aliphatic heterocycles. The predicted octanol–water partition coefficient (Wildman–Crippen LogP) is 3.61. The minimum atomic E-state index is -4.86. The van der Waals surface area contributed by atoms with E-state index in [2.05, 4.69) is 9.97 Å². The lowest BCUT2D eigenvalue weighted by atomic mass is 10.0. The second-order valence-corrected chi connectivity index (χ2v) is 7.86. The third-order valence-electron chi connectivity index (χ3n) is 5.90. The highest BCUT2D eigenvalue weighted by molar-refractivity contribution is 5.97. The van der Waals surface area contributed by atoms with Crippen molar-refractivity contribution in [3.63, 3.8) is 0 Å². The minimum absolute atomic E-state index is 0.0242. The first kappa shape index (κ1) is 21.5. The molecule has 0 saturated carbocycles. The second kappa shape index (κ2) is 7.92. The van der Waals surface area contributed by atoms with E-state index in [0.717, 1.165) is 23.3 Å². The molecule has 1 atom stereocenters. The van der Waals surface area contributed by atoms with E-state index in [1.54, 1.807) is 6.07 Å². The normalized spacial score (nSPS) is 18.5. The number of ether oxygens (including phenoxy) is 2. The number of morpholine rings is 1. The van der Waals surface area contributed by atoms with Crippen LogP contribution in [0.2, 0.25) is 0 Å². The summed E-state index contributed by atoms with van der Waals surface area (Å²) in [6, 6.07) is 3.47. The van der Waals surface area contributed by atoms with E-state index in [0.29, 0.717) is 29.9 Å². The number of carbonyl (C=O) groups excluding carboxylic acids is 1. The van der Waals surface area contributed by atoms with Crippen LogP contribution in [0, 0.1) is 5.82 Å². The third kappa shape index (κ3) is 3.76. The summed E-state index contributed by atoms with van der Waals surface area (Å²) >= 11 is 0.